The molecule has 2 aromatic carbocycles. The van der Waals surface area contributed by atoms with E-state index in [0.717, 1.165) is 11.1 Å². The highest BCUT2D eigenvalue weighted by Gasteiger charge is 2.01. The summed E-state index contributed by atoms with van der Waals surface area (Å²) >= 11 is 0. The van der Waals surface area contributed by atoms with Gasteiger partial charge in [-0.2, -0.15) is 5.26 Å². The Hall–Kier alpha value is -3.25. The second kappa shape index (κ2) is 12.2. The first kappa shape index (κ1) is 21.8. The summed E-state index contributed by atoms with van der Waals surface area (Å²) in [5.74, 6) is 1.94. The van der Waals surface area contributed by atoms with Crippen LogP contribution in [-0.2, 0) is 6.61 Å². The molecule has 0 N–H and O–H groups in total. The van der Waals surface area contributed by atoms with E-state index in [1.54, 1.807) is 12.1 Å². The number of hydrogen-bond acceptors (Lipinski definition) is 3. The van der Waals surface area contributed by atoms with Crippen LogP contribution in [0.15, 0.2) is 84.7 Å². The zero-order chi connectivity index (χ0) is 20.1. The molecular formula is C24H27NO2. The van der Waals surface area contributed by atoms with Gasteiger partial charge in [0.15, 0.2) is 0 Å². The first-order valence-electron chi connectivity index (χ1n) is 9.00. The normalized spacial score (nSPS) is 10.6. The molecule has 140 valence electrons. The van der Waals surface area contributed by atoms with Gasteiger partial charge in [0.25, 0.3) is 0 Å². The maximum absolute atomic E-state index is 8.81. The number of rotatable bonds is 7. The Balaban J connectivity index is 0.00000176. The molecule has 0 aliphatic rings. The molecular weight excluding hydrogens is 334 g/mol. The van der Waals surface area contributed by atoms with Crippen molar-refractivity contribution in [2.24, 2.45) is 0 Å². The molecule has 3 nitrogen and oxygen atoms in total. The summed E-state index contributed by atoms with van der Waals surface area (Å²) in [6.45, 7) is 12.3. The van der Waals surface area contributed by atoms with Crippen LogP contribution in [0.2, 0.25) is 0 Å². The zero-order valence-electron chi connectivity index (χ0n) is 16.5. The molecule has 27 heavy (non-hydrogen) atoms. The van der Waals surface area contributed by atoms with Crippen molar-refractivity contribution in [3.05, 3.63) is 95.8 Å². The molecule has 0 unspecified atom stereocenters. The molecule has 0 amide bonds. The summed E-state index contributed by atoms with van der Waals surface area (Å²) in [4.78, 5) is 0. The zero-order valence-corrected chi connectivity index (χ0v) is 16.5. The molecule has 2 rings (SSSR count). The van der Waals surface area contributed by atoms with Crippen LogP contribution >= 0.6 is 0 Å². The van der Waals surface area contributed by atoms with Gasteiger partial charge in [0, 0.05) is 6.07 Å². The van der Waals surface area contributed by atoms with Gasteiger partial charge in [0.1, 0.15) is 23.9 Å². The van der Waals surface area contributed by atoms with Crippen LogP contribution < -0.4 is 9.47 Å². The minimum Gasteiger partial charge on any atom is -0.489 e. The molecule has 0 saturated carbocycles. The molecule has 0 saturated heterocycles. The fraction of sp³-hybridized carbons (Fsp3) is 0.208. The highest BCUT2D eigenvalue weighted by molar-refractivity contribution is 5.36. The summed E-state index contributed by atoms with van der Waals surface area (Å²) in [5.41, 5.74) is 2.78. The maximum atomic E-state index is 8.81. The smallest absolute Gasteiger partial charge is 0.131 e. The average molecular weight is 361 g/mol. The van der Waals surface area contributed by atoms with E-state index < -0.39 is 0 Å². The fourth-order valence-electron chi connectivity index (χ4n) is 1.98. The lowest BCUT2D eigenvalue weighted by molar-refractivity contribution is 0.304. The van der Waals surface area contributed by atoms with Gasteiger partial charge in [0.2, 0.25) is 0 Å². The van der Waals surface area contributed by atoms with Gasteiger partial charge in [-0.05, 0) is 49.8 Å². The summed E-state index contributed by atoms with van der Waals surface area (Å²) in [5, 5.41) is 8.81. The number of allylic oxidation sites excluding steroid dienone is 4. The Morgan fingerprint density at radius 3 is 2.37 bits per heavy atom. The van der Waals surface area contributed by atoms with Crippen molar-refractivity contribution in [1.82, 2.24) is 0 Å². The van der Waals surface area contributed by atoms with Gasteiger partial charge in [-0.3, -0.25) is 0 Å². The molecule has 0 spiro atoms. The van der Waals surface area contributed by atoms with Crippen molar-refractivity contribution < 1.29 is 9.47 Å². The van der Waals surface area contributed by atoms with Crippen molar-refractivity contribution >= 4 is 0 Å². The maximum Gasteiger partial charge on any atom is 0.131 e. The first-order valence-corrected chi connectivity index (χ1v) is 9.00. The van der Waals surface area contributed by atoms with Crippen LogP contribution in [-0.4, -0.2) is 0 Å². The molecule has 2 aromatic rings. The van der Waals surface area contributed by atoms with Crippen LogP contribution in [0, 0.1) is 11.3 Å². The molecule has 3 heteroatoms. The lowest BCUT2D eigenvalue weighted by Crippen LogP contribution is -1.96. The predicted molar refractivity (Wildman–Crippen MR) is 112 cm³/mol. The molecule has 0 fully saturated rings. The van der Waals surface area contributed by atoms with E-state index in [1.807, 2.05) is 82.3 Å². The molecule has 0 heterocycles. The van der Waals surface area contributed by atoms with Crippen molar-refractivity contribution in [1.29, 1.82) is 5.26 Å². The Morgan fingerprint density at radius 1 is 1.07 bits per heavy atom. The number of ether oxygens (including phenoxy) is 2. The minimum atomic E-state index is 0.427. The van der Waals surface area contributed by atoms with Crippen LogP contribution in [0.1, 0.15) is 38.8 Å². The summed E-state index contributed by atoms with van der Waals surface area (Å²) < 4.78 is 11.5. The number of hydrogen-bond donors (Lipinski definition) is 0. The van der Waals surface area contributed by atoms with Crippen LogP contribution in [0.25, 0.3) is 0 Å². The number of nitrogens with zero attached hydrogens (tertiary/aromatic N) is 1. The van der Waals surface area contributed by atoms with Gasteiger partial charge in [0.05, 0.1) is 11.6 Å². The van der Waals surface area contributed by atoms with Gasteiger partial charge in [-0.25, -0.2) is 0 Å². The minimum absolute atomic E-state index is 0.427. The number of benzene rings is 2. The van der Waals surface area contributed by atoms with Crippen LogP contribution in [0.3, 0.4) is 0 Å². The largest absolute Gasteiger partial charge is 0.489 e. The monoisotopic (exact) mass is 361 g/mol. The van der Waals surface area contributed by atoms with E-state index in [2.05, 4.69) is 12.6 Å². The van der Waals surface area contributed by atoms with Gasteiger partial charge in [-0.15, -0.1) is 0 Å². The summed E-state index contributed by atoms with van der Waals surface area (Å²) in [6.07, 6.45) is 5.80. The summed E-state index contributed by atoms with van der Waals surface area (Å²) in [6, 6.07) is 16.9. The lowest BCUT2D eigenvalue weighted by atomic mass is 10.2. The fourth-order valence-corrected chi connectivity index (χ4v) is 1.98. The highest BCUT2D eigenvalue weighted by Crippen LogP contribution is 2.22. The molecule has 0 aliphatic heterocycles. The standard InChI is InChI=1S/C22H21NO2.C2H6/c1-4-17(2)8-9-18(3)25-22-7-5-6-21(14-22)24-16-20-12-10-19(15-23)11-13-20;1-2/h4-14H,3,16H2,1-2H3;1-2H3/b9-8-,17-4-;. The van der Waals surface area contributed by atoms with Gasteiger partial charge < -0.3 is 9.47 Å². The lowest BCUT2D eigenvalue weighted by Gasteiger charge is -2.09. The quantitative estimate of drug-likeness (QED) is 0.413. The summed E-state index contributed by atoms with van der Waals surface area (Å²) in [7, 11) is 0. The SMILES string of the molecule is C=C(/C=C\C(C)=C/C)Oc1cccc(OCc2ccc(C#N)cc2)c1.CC. The third-order valence-corrected chi connectivity index (χ3v) is 3.53. The molecule has 0 aliphatic carbocycles. The first-order chi connectivity index (χ1) is 13.1. The van der Waals surface area contributed by atoms with Crippen molar-refractivity contribution in [2.75, 3.05) is 0 Å². The van der Waals surface area contributed by atoms with E-state index in [9.17, 15) is 0 Å². The second-order valence-corrected chi connectivity index (χ2v) is 5.51. The van der Waals surface area contributed by atoms with Gasteiger partial charge in [-0.1, -0.05) is 56.4 Å². The average Bonchev–Trinajstić information content (AvgIpc) is 2.72. The Bertz CT molecular complexity index is 824. The van der Waals surface area contributed by atoms with Crippen molar-refractivity contribution in [3.63, 3.8) is 0 Å². The van der Waals surface area contributed by atoms with E-state index in [-0.39, 0.29) is 0 Å². The molecule has 0 aromatic heterocycles. The van der Waals surface area contributed by atoms with E-state index in [0.29, 0.717) is 29.4 Å². The molecule has 0 radical (unpaired) electrons. The third-order valence-electron chi connectivity index (χ3n) is 3.53. The Morgan fingerprint density at radius 2 is 1.74 bits per heavy atom. The van der Waals surface area contributed by atoms with Gasteiger partial charge >= 0.3 is 0 Å². The van der Waals surface area contributed by atoms with Crippen LogP contribution in [0.5, 0.6) is 11.5 Å². The van der Waals surface area contributed by atoms with E-state index >= 15 is 0 Å². The molecule has 0 atom stereocenters. The molecule has 0 bridgehead atoms. The van der Waals surface area contributed by atoms with Crippen molar-refractivity contribution in [2.45, 2.75) is 34.3 Å². The number of nitriles is 1. The van der Waals surface area contributed by atoms with Crippen LogP contribution in [0.4, 0.5) is 0 Å². The third kappa shape index (κ3) is 8.11. The highest BCUT2D eigenvalue weighted by atomic mass is 16.5. The Kier molecular flexibility index (Phi) is 9.81. The second-order valence-electron chi connectivity index (χ2n) is 5.51. The van der Waals surface area contributed by atoms with E-state index in [1.165, 1.54) is 0 Å². The Labute approximate surface area is 162 Å². The predicted octanol–water partition coefficient (Wildman–Crippen LogP) is 6.58. The van der Waals surface area contributed by atoms with E-state index in [4.69, 9.17) is 14.7 Å². The van der Waals surface area contributed by atoms with Crippen molar-refractivity contribution in [3.8, 4) is 17.6 Å². The topological polar surface area (TPSA) is 42.2 Å².